The molecule has 5 heteroatoms. The van der Waals surface area contributed by atoms with Gasteiger partial charge in [-0.3, -0.25) is 0 Å². The molecule has 2 nitrogen and oxygen atoms in total. The number of benzene rings is 1. The first-order chi connectivity index (χ1) is 6.56. The second-order valence-corrected chi connectivity index (χ2v) is 2.98. The normalized spacial score (nSPS) is 12.9. The van der Waals surface area contributed by atoms with Gasteiger partial charge in [-0.25, -0.2) is 13.2 Å². The maximum absolute atomic E-state index is 13.0. The van der Waals surface area contributed by atoms with Gasteiger partial charge < -0.3 is 10.8 Å². The minimum Gasteiger partial charge on any atom is -0.395 e. The Balaban J connectivity index is 2.94. The van der Waals surface area contributed by atoms with Crippen molar-refractivity contribution in [3.05, 3.63) is 35.1 Å². The highest BCUT2D eigenvalue weighted by Crippen LogP contribution is 2.16. The van der Waals surface area contributed by atoms with Crippen LogP contribution in [0.15, 0.2) is 12.1 Å². The van der Waals surface area contributed by atoms with Crippen molar-refractivity contribution in [2.75, 3.05) is 6.61 Å². The maximum atomic E-state index is 13.0. The van der Waals surface area contributed by atoms with Gasteiger partial charge in [-0.1, -0.05) is 6.07 Å². The number of aliphatic hydroxyl groups is 1. The molecule has 78 valence electrons. The van der Waals surface area contributed by atoms with E-state index in [1.54, 1.807) is 0 Å². The highest BCUT2D eigenvalue weighted by atomic mass is 19.2. The predicted octanol–water partition coefficient (Wildman–Crippen LogP) is 0.966. The minimum absolute atomic E-state index is 0.0282. The summed E-state index contributed by atoms with van der Waals surface area (Å²) in [7, 11) is 0. The summed E-state index contributed by atoms with van der Waals surface area (Å²) in [6.45, 7) is -0.335. The van der Waals surface area contributed by atoms with Crippen molar-refractivity contribution in [3.63, 3.8) is 0 Å². The molecule has 3 N–H and O–H groups in total. The summed E-state index contributed by atoms with van der Waals surface area (Å²) >= 11 is 0. The van der Waals surface area contributed by atoms with E-state index in [1.165, 1.54) is 0 Å². The summed E-state index contributed by atoms with van der Waals surface area (Å²) in [5, 5.41) is 8.60. The monoisotopic (exact) mass is 205 g/mol. The summed E-state index contributed by atoms with van der Waals surface area (Å²) in [4.78, 5) is 0. The van der Waals surface area contributed by atoms with E-state index >= 15 is 0 Å². The van der Waals surface area contributed by atoms with Crippen LogP contribution in [0.4, 0.5) is 13.2 Å². The molecular weight excluding hydrogens is 195 g/mol. The van der Waals surface area contributed by atoms with Crippen LogP contribution < -0.4 is 5.73 Å². The van der Waals surface area contributed by atoms with Crippen LogP contribution in [-0.2, 0) is 6.42 Å². The number of hydrogen-bond acceptors (Lipinski definition) is 2. The summed E-state index contributed by atoms with van der Waals surface area (Å²) in [5.74, 6) is -3.98. The van der Waals surface area contributed by atoms with Crippen LogP contribution in [0.1, 0.15) is 5.56 Å². The largest absolute Gasteiger partial charge is 0.395 e. The third kappa shape index (κ3) is 2.24. The SMILES string of the molecule is NC(CO)Cc1ccc(F)c(F)c1F. The minimum atomic E-state index is -1.51. The van der Waals surface area contributed by atoms with E-state index in [9.17, 15) is 13.2 Å². The standard InChI is InChI=1S/C9H10F3NO/c10-7-2-1-5(3-6(13)4-14)8(11)9(7)12/h1-2,6,14H,3-4,13H2. The molecule has 1 rings (SSSR count). The fraction of sp³-hybridized carbons (Fsp3) is 0.333. The van der Waals surface area contributed by atoms with E-state index in [2.05, 4.69) is 0 Å². The van der Waals surface area contributed by atoms with Crippen molar-refractivity contribution >= 4 is 0 Å². The van der Waals surface area contributed by atoms with Crippen molar-refractivity contribution < 1.29 is 18.3 Å². The van der Waals surface area contributed by atoms with Gasteiger partial charge in [-0.2, -0.15) is 0 Å². The summed E-state index contributed by atoms with van der Waals surface area (Å²) < 4.78 is 38.2. The molecule has 0 radical (unpaired) electrons. The molecule has 0 saturated heterocycles. The van der Waals surface area contributed by atoms with E-state index in [1.807, 2.05) is 0 Å². The zero-order chi connectivity index (χ0) is 10.7. The first-order valence-electron chi connectivity index (χ1n) is 4.05. The van der Waals surface area contributed by atoms with Crippen molar-refractivity contribution in [2.24, 2.45) is 5.73 Å². The Morgan fingerprint density at radius 2 is 1.86 bits per heavy atom. The molecule has 0 aromatic heterocycles. The first-order valence-corrected chi connectivity index (χ1v) is 4.05. The van der Waals surface area contributed by atoms with Gasteiger partial charge in [0, 0.05) is 6.04 Å². The third-order valence-electron chi connectivity index (χ3n) is 1.83. The summed E-state index contributed by atoms with van der Waals surface area (Å²) in [6, 6.07) is 1.27. The Bertz CT molecular complexity index is 330. The molecule has 0 aliphatic carbocycles. The van der Waals surface area contributed by atoms with Crippen molar-refractivity contribution in [1.82, 2.24) is 0 Å². The molecule has 1 aromatic carbocycles. The number of aliphatic hydroxyl groups excluding tert-OH is 1. The lowest BCUT2D eigenvalue weighted by Gasteiger charge is -2.09. The Morgan fingerprint density at radius 1 is 1.21 bits per heavy atom. The molecule has 1 aromatic rings. The molecule has 0 aliphatic heterocycles. The van der Waals surface area contributed by atoms with Gasteiger partial charge in [0.15, 0.2) is 17.5 Å². The zero-order valence-corrected chi connectivity index (χ0v) is 7.30. The fourth-order valence-electron chi connectivity index (χ4n) is 1.07. The van der Waals surface area contributed by atoms with Crippen molar-refractivity contribution in [3.8, 4) is 0 Å². The molecule has 0 heterocycles. The van der Waals surface area contributed by atoms with Gasteiger partial charge in [-0.05, 0) is 18.1 Å². The van der Waals surface area contributed by atoms with E-state index in [-0.39, 0.29) is 18.6 Å². The lowest BCUT2D eigenvalue weighted by molar-refractivity contribution is 0.264. The second kappa shape index (κ2) is 4.43. The van der Waals surface area contributed by atoms with Gasteiger partial charge in [0.2, 0.25) is 0 Å². The van der Waals surface area contributed by atoms with E-state index in [4.69, 9.17) is 10.8 Å². The van der Waals surface area contributed by atoms with E-state index in [0.717, 1.165) is 12.1 Å². The molecule has 1 atom stereocenters. The lowest BCUT2D eigenvalue weighted by Crippen LogP contribution is -2.27. The Kier molecular flexibility index (Phi) is 3.49. The first kappa shape index (κ1) is 11.0. The molecule has 1 unspecified atom stereocenters. The smallest absolute Gasteiger partial charge is 0.194 e. The van der Waals surface area contributed by atoms with Crippen molar-refractivity contribution in [1.29, 1.82) is 0 Å². The van der Waals surface area contributed by atoms with Gasteiger partial charge in [0.05, 0.1) is 6.61 Å². The molecule has 0 saturated carbocycles. The van der Waals surface area contributed by atoms with Crippen LogP contribution in [0.25, 0.3) is 0 Å². The molecule has 14 heavy (non-hydrogen) atoms. The molecule has 0 aliphatic rings. The van der Waals surface area contributed by atoms with Crippen LogP contribution in [0.5, 0.6) is 0 Å². The number of rotatable bonds is 3. The zero-order valence-electron chi connectivity index (χ0n) is 7.30. The number of halogens is 3. The molecule has 0 amide bonds. The van der Waals surface area contributed by atoms with Gasteiger partial charge in [0.1, 0.15) is 0 Å². The molecule has 0 spiro atoms. The van der Waals surface area contributed by atoms with Crippen LogP contribution in [-0.4, -0.2) is 17.8 Å². The van der Waals surface area contributed by atoms with Gasteiger partial charge >= 0.3 is 0 Å². The number of hydrogen-bond donors (Lipinski definition) is 2. The van der Waals surface area contributed by atoms with Crippen LogP contribution in [0.3, 0.4) is 0 Å². The average Bonchev–Trinajstić information content (AvgIpc) is 2.19. The van der Waals surface area contributed by atoms with Crippen molar-refractivity contribution in [2.45, 2.75) is 12.5 Å². The number of nitrogens with two attached hydrogens (primary N) is 1. The fourth-order valence-corrected chi connectivity index (χ4v) is 1.07. The molecule has 0 bridgehead atoms. The quantitative estimate of drug-likeness (QED) is 0.722. The summed E-state index contributed by atoms with van der Waals surface area (Å²) in [5.41, 5.74) is 5.29. The van der Waals surface area contributed by atoms with Crippen LogP contribution in [0, 0.1) is 17.5 Å². The average molecular weight is 205 g/mol. The van der Waals surface area contributed by atoms with Gasteiger partial charge in [0.25, 0.3) is 0 Å². The Labute approximate surface area is 79.2 Å². The molecule has 0 fully saturated rings. The van der Waals surface area contributed by atoms with Gasteiger partial charge in [-0.15, -0.1) is 0 Å². The van der Waals surface area contributed by atoms with Crippen LogP contribution >= 0.6 is 0 Å². The highest BCUT2D eigenvalue weighted by Gasteiger charge is 2.14. The second-order valence-electron chi connectivity index (χ2n) is 2.98. The Morgan fingerprint density at radius 3 is 2.43 bits per heavy atom. The topological polar surface area (TPSA) is 46.2 Å². The Hall–Kier alpha value is -1.07. The summed E-state index contributed by atoms with van der Waals surface area (Å²) in [6.07, 6.45) is -0.0282. The lowest BCUT2D eigenvalue weighted by atomic mass is 10.1. The molecular formula is C9H10F3NO. The van der Waals surface area contributed by atoms with E-state index in [0.29, 0.717) is 0 Å². The maximum Gasteiger partial charge on any atom is 0.194 e. The third-order valence-corrected chi connectivity index (χ3v) is 1.83. The van der Waals surface area contributed by atoms with Crippen LogP contribution in [0.2, 0.25) is 0 Å². The predicted molar refractivity (Wildman–Crippen MR) is 45.1 cm³/mol. The van der Waals surface area contributed by atoms with E-state index < -0.39 is 23.5 Å². The highest BCUT2D eigenvalue weighted by molar-refractivity contribution is 5.21.